The minimum Gasteiger partial charge on any atom is -0.373 e. The molecule has 0 aliphatic carbocycles. The van der Waals surface area contributed by atoms with E-state index in [2.05, 4.69) is 48.0 Å². The van der Waals surface area contributed by atoms with Crippen LogP contribution in [0, 0.1) is 6.92 Å². The molecule has 0 amide bonds. The van der Waals surface area contributed by atoms with Crippen LogP contribution in [0.25, 0.3) is 6.20 Å². The first kappa shape index (κ1) is 6.53. The van der Waals surface area contributed by atoms with Crippen LogP contribution < -0.4 is 0 Å². The van der Waals surface area contributed by atoms with E-state index < -0.39 is 0 Å². The van der Waals surface area contributed by atoms with Crippen molar-refractivity contribution in [3.05, 3.63) is 29.7 Å². The van der Waals surface area contributed by atoms with E-state index in [9.17, 15) is 0 Å². The van der Waals surface area contributed by atoms with E-state index >= 15 is 0 Å². The first-order valence-electron chi connectivity index (χ1n) is 3.82. The third-order valence-electron chi connectivity index (χ3n) is 2.09. The second-order valence-corrected chi connectivity index (χ2v) is 3.05. The average Bonchev–Trinajstić information content (AvgIpc) is 2.32. The summed E-state index contributed by atoms with van der Waals surface area (Å²) >= 11 is 0. The van der Waals surface area contributed by atoms with Gasteiger partial charge in [-0.25, -0.2) is 0 Å². The zero-order valence-corrected chi connectivity index (χ0v) is 6.91. The zero-order valence-electron chi connectivity index (χ0n) is 6.91. The molecule has 1 aromatic rings. The lowest BCUT2D eigenvalue weighted by Crippen LogP contribution is -2.17. The van der Waals surface area contributed by atoms with E-state index in [4.69, 9.17) is 0 Å². The summed E-state index contributed by atoms with van der Waals surface area (Å²) in [6.45, 7) is 3.14. The van der Waals surface area contributed by atoms with Gasteiger partial charge in [0.05, 0.1) is 6.54 Å². The molecular weight excluding hydrogens is 136 g/mol. The lowest BCUT2D eigenvalue weighted by atomic mass is 10.4. The van der Waals surface area contributed by atoms with E-state index in [1.165, 1.54) is 11.4 Å². The van der Waals surface area contributed by atoms with Gasteiger partial charge in [-0.2, -0.15) is 0 Å². The van der Waals surface area contributed by atoms with Crippen LogP contribution in [0.15, 0.2) is 18.3 Å². The normalized spacial score (nSPS) is 15.3. The summed E-state index contributed by atoms with van der Waals surface area (Å²) in [4.78, 5) is 2.18. The van der Waals surface area contributed by atoms with Crippen LogP contribution in [0.1, 0.15) is 11.4 Å². The fourth-order valence-electron chi connectivity index (χ4n) is 1.43. The van der Waals surface area contributed by atoms with Crippen molar-refractivity contribution in [1.29, 1.82) is 0 Å². The van der Waals surface area contributed by atoms with E-state index in [1.54, 1.807) is 0 Å². The predicted molar refractivity (Wildman–Crippen MR) is 46.0 cm³/mol. The SMILES string of the molecule is Cc1ccc2n1C=CN(C)C2. The van der Waals surface area contributed by atoms with Crippen molar-refractivity contribution in [3.63, 3.8) is 0 Å². The minimum atomic E-state index is 1.02. The molecule has 1 aromatic heterocycles. The Kier molecular flexibility index (Phi) is 1.28. The number of rotatable bonds is 0. The maximum atomic E-state index is 2.22. The van der Waals surface area contributed by atoms with Crippen molar-refractivity contribution >= 4 is 6.20 Å². The van der Waals surface area contributed by atoms with Gasteiger partial charge >= 0.3 is 0 Å². The Morgan fingerprint density at radius 3 is 2.91 bits per heavy atom. The Labute approximate surface area is 66.7 Å². The molecular formula is C9H12N2. The smallest absolute Gasteiger partial charge is 0.0577 e. The Morgan fingerprint density at radius 1 is 1.27 bits per heavy atom. The topological polar surface area (TPSA) is 8.17 Å². The Balaban J connectivity index is 2.48. The number of aryl methyl sites for hydroxylation is 1. The predicted octanol–water partition coefficient (Wildman–Crippen LogP) is 1.67. The van der Waals surface area contributed by atoms with Crippen molar-refractivity contribution in [2.75, 3.05) is 7.05 Å². The lowest BCUT2D eigenvalue weighted by Gasteiger charge is -2.20. The molecule has 1 aliphatic rings. The molecule has 2 nitrogen and oxygen atoms in total. The van der Waals surface area contributed by atoms with Crippen LogP contribution in [-0.2, 0) is 6.54 Å². The Bertz CT molecular complexity index is 297. The van der Waals surface area contributed by atoms with Gasteiger partial charge in [-0.1, -0.05) is 0 Å². The molecule has 0 saturated heterocycles. The van der Waals surface area contributed by atoms with Crippen LogP contribution in [0.3, 0.4) is 0 Å². The van der Waals surface area contributed by atoms with Crippen molar-refractivity contribution in [2.45, 2.75) is 13.5 Å². The Morgan fingerprint density at radius 2 is 2.09 bits per heavy atom. The first-order chi connectivity index (χ1) is 5.27. The summed E-state index contributed by atoms with van der Waals surface area (Å²) in [5, 5.41) is 0. The van der Waals surface area contributed by atoms with E-state index in [0.29, 0.717) is 0 Å². The zero-order chi connectivity index (χ0) is 7.84. The van der Waals surface area contributed by atoms with Gasteiger partial charge < -0.3 is 9.47 Å². The first-order valence-corrected chi connectivity index (χ1v) is 3.82. The van der Waals surface area contributed by atoms with Gasteiger partial charge in [0.25, 0.3) is 0 Å². The summed E-state index contributed by atoms with van der Waals surface area (Å²) in [7, 11) is 2.09. The van der Waals surface area contributed by atoms with Crippen LogP contribution in [0.5, 0.6) is 0 Å². The highest BCUT2D eigenvalue weighted by molar-refractivity contribution is 5.34. The number of fused-ring (bicyclic) bond motifs is 1. The van der Waals surface area contributed by atoms with Crippen LogP contribution in [0.2, 0.25) is 0 Å². The van der Waals surface area contributed by atoms with Crippen LogP contribution >= 0.6 is 0 Å². The highest BCUT2D eigenvalue weighted by Gasteiger charge is 2.07. The van der Waals surface area contributed by atoms with E-state index in [-0.39, 0.29) is 0 Å². The highest BCUT2D eigenvalue weighted by Crippen LogP contribution is 2.15. The van der Waals surface area contributed by atoms with Crippen molar-refractivity contribution in [2.24, 2.45) is 0 Å². The minimum absolute atomic E-state index is 1.02. The van der Waals surface area contributed by atoms with Gasteiger partial charge in [0.15, 0.2) is 0 Å². The van der Waals surface area contributed by atoms with Crippen molar-refractivity contribution in [3.8, 4) is 0 Å². The molecule has 0 saturated carbocycles. The van der Waals surface area contributed by atoms with Crippen LogP contribution in [-0.4, -0.2) is 16.5 Å². The molecule has 58 valence electrons. The molecule has 0 spiro atoms. The maximum Gasteiger partial charge on any atom is 0.0577 e. The van der Waals surface area contributed by atoms with Gasteiger partial charge in [-0.15, -0.1) is 0 Å². The molecule has 0 N–H and O–H groups in total. The number of hydrogen-bond acceptors (Lipinski definition) is 1. The standard InChI is InChI=1S/C9H12N2/c1-8-3-4-9-7-10(2)5-6-11(8)9/h3-6H,7H2,1-2H3. The second-order valence-electron chi connectivity index (χ2n) is 3.05. The molecule has 0 bridgehead atoms. The molecule has 2 heterocycles. The Hall–Kier alpha value is -1.18. The van der Waals surface area contributed by atoms with Gasteiger partial charge in [-0.3, -0.25) is 0 Å². The molecule has 1 aliphatic heterocycles. The van der Waals surface area contributed by atoms with E-state index in [1.807, 2.05) is 0 Å². The fourth-order valence-corrected chi connectivity index (χ4v) is 1.43. The molecule has 0 atom stereocenters. The third kappa shape index (κ3) is 0.946. The maximum absolute atomic E-state index is 2.22. The largest absolute Gasteiger partial charge is 0.373 e. The monoisotopic (exact) mass is 148 g/mol. The van der Waals surface area contributed by atoms with Gasteiger partial charge in [0.1, 0.15) is 0 Å². The molecule has 2 rings (SSSR count). The van der Waals surface area contributed by atoms with Gasteiger partial charge in [0.2, 0.25) is 0 Å². The van der Waals surface area contributed by atoms with E-state index in [0.717, 1.165) is 6.54 Å². The summed E-state index contributed by atoms with van der Waals surface area (Å²) in [6, 6.07) is 4.33. The molecule has 0 unspecified atom stereocenters. The summed E-state index contributed by atoms with van der Waals surface area (Å²) in [5.74, 6) is 0. The van der Waals surface area contributed by atoms with Crippen molar-refractivity contribution in [1.82, 2.24) is 9.47 Å². The lowest BCUT2D eigenvalue weighted by molar-refractivity contribution is 0.431. The van der Waals surface area contributed by atoms with Gasteiger partial charge in [0, 0.05) is 30.8 Å². The average molecular weight is 148 g/mol. The highest BCUT2D eigenvalue weighted by atomic mass is 15.1. The summed E-state index contributed by atoms with van der Waals surface area (Å²) in [6.07, 6.45) is 4.20. The fraction of sp³-hybridized carbons (Fsp3) is 0.333. The van der Waals surface area contributed by atoms with Crippen LogP contribution in [0.4, 0.5) is 0 Å². The summed E-state index contributed by atoms with van der Waals surface area (Å²) in [5.41, 5.74) is 2.68. The molecule has 0 aromatic carbocycles. The van der Waals surface area contributed by atoms with Crippen molar-refractivity contribution < 1.29 is 0 Å². The number of hydrogen-bond donors (Lipinski definition) is 0. The number of nitrogens with zero attached hydrogens (tertiary/aromatic N) is 2. The van der Waals surface area contributed by atoms with Gasteiger partial charge in [-0.05, 0) is 19.1 Å². The molecule has 11 heavy (non-hydrogen) atoms. The third-order valence-corrected chi connectivity index (χ3v) is 2.09. The molecule has 0 fully saturated rings. The summed E-state index contributed by atoms with van der Waals surface area (Å²) < 4.78 is 2.22. The molecule has 2 heteroatoms. The quantitative estimate of drug-likeness (QED) is 0.543. The second kappa shape index (κ2) is 2.16. The molecule has 0 radical (unpaired) electrons. The number of aromatic nitrogens is 1.